The van der Waals surface area contributed by atoms with Gasteiger partial charge in [0.2, 0.25) is 0 Å². The topological polar surface area (TPSA) is 64.4 Å². The second kappa shape index (κ2) is 7.96. The molecule has 1 heterocycles. The fraction of sp³-hybridized carbons (Fsp3) is 0.421. The molecule has 0 unspecified atom stereocenters. The average molecular weight is 343 g/mol. The van der Waals surface area contributed by atoms with E-state index in [9.17, 15) is 9.59 Å². The van der Waals surface area contributed by atoms with Crippen LogP contribution in [0.25, 0.3) is 0 Å². The first-order chi connectivity index (χ1) is 11.8. The van der Waals surface area contributed by atoms with Crippen LogP contribution in [-0.2, 0) is 16.1 Å². The molecule has 1 aromatic carbocycles. The maximum atomic E-state index is 12.5. The summed E-state index contributed by atoms with van der Waals surface area (Å²) in [6.07, 6.45) is 0. The number of amides is 1. The molecule has 0 aliphatic heterocycles. The summed E-state index contributed by atoms with van der Waals surface area (Å²) in [5, 5.41) is 4.45. The van der Waals surface area contributed by atoms with E-state index in [2.05, 4.69) is 5.10 Å². The maximum absolute atomic E-state index is 12.5. The van der Waals surface area contributed by atoms with Gasteiger partial charge in [-0.3, -0.25) is 14.3 Å². The molecule has 6 nitrogen and oxygen atoms in total. The fourth-order valence-electron chi connectivity index (χ4n) is 2.75. The van der Waals surface area contributed by atoms with Gasteiger partial charge in [0.15, 0.2) is 0 Å². The van der Waals surface area contributed by atoms with E-state index in [-0.39, 0.29) is 17.8 Å². The number of esters is 1. The van der Waals surface area contributed by atoms with Crippen LogP contribution in [0.15, 0.2) is 30.3 Å². The van der Waals surface area contributed by atoms with E-state index in [4.69, 9.17) is 4.74 Å². The van der Waals surface area contributed by atoms with Gasteiger partial charge in [-0.1, -0.05) is 19.1 Å². The van der Waals surface area contributed by atoms with Crippen LogP contribution in [0, 0.1) is 19.8 Å². The standard InChI is InChI=1S/C19H25N3O3/c1-13(19(24)25-5)11-21(4)18(23)17-8-6-16(7-9-17)12-22-15(3)10-14(2)20-22/h6-10,13H,11-12H2,1-5H3/t13-/m1/s1. The molecule has 0 radical (unpaired) electrons. The third-order valence-electron chi connectivity index (χ3n) is 4.13. The molecule has 0 saturated heterocycles. The van der Waals surface area contributed by atoms with Crippen molar-refractivity contribution in [2.75, 3.05) is 20.7 Å². The zero-order chi connectivity index (χ0) is 18.6. The van der Waals surface area contributed by atoms with Crippen LogP contribution in [0.3, 0.4) is 0 Å². The van der Waals surface area contributed by atoms with Gasteiger partial charge in [0.25, 0.3) is 5.91 Å². The minimum absolute atomic E-state index is 0.117. The van der Waals surface area contributed by atoms with E-state index in [0.29, 0.717) is 18.7 Å². The average Bonchev–Trinajstić information content (AvgIpc) is 2.91. The van der Waals surface area contributed by atoms with Crippen LogP contribution >= 0.6 is 0 Å². The molecule has 0 saturated carbocycles. The molecule has 0 N–H and O–H groups in total. The number of methoxy groups -OCH3 is 1. The Morgan fingerprint density at radius 1 is 1.24 bits per heavy atom. The van der Waals surface area contributed by atoms with Crippen molar-refractivity contribution < 1.29 is 14.3 Å². The van der Waals surface area contributed by atoms with E-state index in [1.54, 1.807) is 14.0 Å². The summed E-state index contributed by atoms with van der Waals surface area (Å²) in [4.78, 5) is 25.5. The summed E-state index contributed by atoms with van der Waals surface area (Å²) < 4.78 is 6.64. The smallest absolute Gasteiger partial charge is 0.310 e. The maximum Gasteiger partial charge on any atom is 0.310 e. The van der Waals surface area contributed by atoms with Crippen molar-refractivity contribution in [1.29, 1.82) is 0 Å². The van der Waals surface area contributed by atoms with E-state index in [0.717, 1.165) is 17.0 Å². The number of ether oxygens (including phenoxy) is 1. The van der Waals surface area contributed by atoms with Gasteiger partial charge in [-0.2, -0.15) is 5.10 Å². The van der Waals surface area contributed by atoms with E-state index in [1.807, 2.05) is 48.9 Å². The number of hydrogen-bond donors (Lipinski definition) is 0. The van der Waals surface area contributed by atoms with Gasteiger partial charge >= 0.3 is 5.97 Å². The zero-order valence-electron chi connectivity index (χ0n) is 15.4. The molecule has 0 fully saturated rings. The van der Waals surface area contributed by atoms with Gasteiger partial charge in [0, 0.05) is 24.8 Å². The van der Waals surface area contributed by atoms with Crippen molar-refractivity contribution in [3.8, 4) is 0 Å². The quantitative estimate of drug-likeness (QED) is 0.756. The fourth-order valence-corrected chi connectivity index (χ4v) is 2.75. The SMILES string of the molecule is COC(=O)[C@H](C)CN(C)C(=O)c1ccc(Cn2nc(C)cc2C)cc1. The first kappa shape index (κ1) is 18.7. The number of carbonyl (C=O) groups is 2. The van der Waals surface area contributed by atoms with Crippen molar-refractivity contribution >= 4 is 11.9 Å². The van der Waals surface area contributed by atoms with Crippen LogP contribution < -0.4 is 0 Å². The molecule has 2 aromatic rings. The highest BCUT2D eigenvalue weighted by Gasteiger charge is 2.19. The van der Waals surface area contributed by atoms with Gasteiger partial charge in [0.05, 0.1) is 25.3 Å². The predicted octanol–water partition coefficient (Wildman–Crippen LogP) is 2.43. The summed E-state index contributed by atoms with van der Waals surface area (Å²) in [7, 11) is 3.04. The van der Waals surface area contributed by atoms with Crippen LogP contribution in [-0.4, -0.2) is 47.3 Å². The Hall–Kier alpha value is -2.63. The molecule has 1 amide bonds. The van der Waals surface area contributed by atoms with E-state index >= 15 is 0 Å². The van der Waals surface area contributed by atoms with Gasteiger partial charge in [-0.25, -0.2) is 0 Å². The summed E-state index contributed by atoms with van der Waals surface area (Å²) in [5.74, 6) is -0.794. The second-order valence-corrected chi connectivity index (χ2v) is 6.39. The normalized spacial score (nSPS) is 11.9. The highest BCUT2D eigenvalue weighted by Crippen LogP contribution is 2.11. The van der Waals surface area contributed by atoms with Crippen LogP contribution in [0.2, 0.25) is 0 Å². The highest BCUT2D eigenvalue weighted by atomic mass is 16.5. The third kappa shape index (κ3) is 4.68. The Morgan fingerprint density at radius 2 is 1.88 bits per heavy atom. The predicted molar refractivity (Wildman–Crippen MR) is 95.4 cm³/mol. The minimum atomic E-state index is -0.357. The molecule has 6 heteroatoms. The summed E-state index contributed by atoms with van der Waals surface area (Å²) in [6.45, 7) is 6.72. The number of aromatic nitrogens is 2. The number of aryl methyl sites for hydroxylation is 2. The van der Waals surface area contributed by atoms with Gasteiger partial charge in [0.1, 0.15) is 0 Å². The Labute approximate surface area is 148 Å². The third-order valence-corrected chi connectivity index (χ3v) is 4.13. The number of benzene rings is 1. The van der Waals surface area contributed by atoms with Crippen molar-refractivity contribution in [2.24, 2.45) is 5.92 Å². The molecule has 0 bridgehead atoms. The van der Waals surface area contributed by atoms with Crippen LogP contribution in [0.1, 0.15) is 34.2 Å². The van der Waals surface area contributed by atoms with Crippen molar-refractivity contribution in [1.82, 2.24) is 14.7 Å². The van der Waals surface area contributed by atoms with Crippen LogP contribution in [0.4, 0.5) is 0 Å². The monoisotopic (exact) mass is 343 g/mol. The summed E-state index contributed by atoms with van der Waals surface area (Å²) >= 11 is 0. The Balaban J connectivity index is 2.02. The van der Waals surface area contributed by atoms with Crippen molar-refractivity contribution in [3.05, 3.63) is 52.8 Å². The minimum Gasteiger partial charge on any atom is -0.469 e. The highest BCUT2D eigenvalue weighted by molar-refractivity contribution is 5.94. The number of carbonyl (C=O) groups excluding carboxylic acids is 2. The Bertz CT molecular complexity index is 750. The second-order valence-electron chi connectivity index (χ2n) is 6.39. The lowest BCUT2D eigenvalue weighted by Gasteiger charge is -2.20. The molecule has 2 rings (SSSR count). The molecule has 0 aliphatic carbocycles. The number of hydrogen-bond acceptors (Lipinski definition) is 4. The molecule has 134 valence electrons. The van der Waals surface area contributed by atoms with Gasteiger partial charge in [-0.15, -0.1) is 0 Å². The van der Waals surface area contributed by atoms with Gasteiger partial charge in [-0.05, 0) is 37.6 Å². The van der Waals surface area contributed by atoms with Gasteiger partial charge < -0.3 is 9.64 Å². The lowest BCUT2D eigenvalue weighted by atomic mass is 10.1. The summed E-state index contributed by atoms with van der Waals surface area (Å²) in [6, 6.07) is 9.52. The lowest BCUT2D eigenvalue weighted by molar-refractivity contribution is -0.145. The molecule has 25 heavy (non-hydrogen) atoms. The first-order valence-electron chi connectivity index (χ1n) is 8.25. The molecule has 1 atom stereocenters. The van der Waals surface area contributed by atoms with E-state index < -0.39 is 0 Å². The molecule has 1 aromatic heterocycles. The largest absolute Gasteiger partial charge is 0.469 e. The first-order valence-corrected chi connectivity index (χ1v) is 8.25. The molecular weight excluding hydrogens is 318 g/mol. The van der Waals surface area contributed by atoms with Crippen LogP contribution in [0.5, 0.6) is 0 Å². The lowest BCUT2D eigenvalue weighted by Crippen LogP contribution is -2.34. The Kier molecular flexibility index (Phi) is 5.96. The zero-order valence-corrected chi connectivity index (χ0v) is 15.4. The Morgan fingerprint density at radius 3 is 2.40 bits per heavy atom. The van der Waals surface area contributed by atoms with E-state index in [1.165, 1.54) is 12.0 Å². The molecule has 0 spiro atoms. The molecular formula is C19H25N3O3. The number of nitrogens with zero attached hydrogens (tertiary/aromatic N) is 3. The summed E-state index contributed by atoms with van der Waals surface area (Å²) in [5.41, 5.74) is 3.77. The van der Waals surface area contributed by atoms with Crippen molar-refractivity contribution in [2.45, 2.75) is 27.3 Å². The molecule has 0 aliphatic rings. The van der Waals surface area contributed by atoms with Crippen molar-refractivity contribution in [3.63, 3.8) is 0 Å². The number of rotatable bonds is 6.